The summed E-state index contributed by atoms with van der Waals surface area (Å²) in [5.74, 6) is 0.745. The monoisotopic (exact) mass is 296 g/mol. The second-order valence-electron chi connectivity index (χ2n) is 4.21. The Balaban J connectivity index is 2.10. The summed E-state index contributed by atoms with van der Waals surface area (Å²) in [6, 6.07) is 0. The molecular formula is C11H21IO. The molecule has 0 aromatic heterocycles. The van der Waals surface area contributed by atoms with Gasteiger partial charge in [-0.3, -0.25) is 0 Å². The fourth-order valence-corrected chi connectivity index (χ4v) is 2.94. The average Bonchev–Trinajstić information content (AvgIpc) is 2.48. The summed E-state index contributed by atoms with van der Waals surface area (Å²) in [5, 5.41) is 0. The van der Waals surface area contributed by atoms with Crippen LogP contribution in [0.2, 0.25) is 0 Å². The van der Waals surface area contributed by atoms with Crippen molar-refractivity contribution >= 4 is 22.6 Å². The number of hydrogen-bond donors (Lipinski definition) is 0. The van der Waals surface area contributed by atoms with E-state index in [1.54, 1.807) is 0 Å². The molecule has 1 aliphatic rings. The molecule has 0 bridgehead atoms. The molecule has 1 nitrogen and oxygen atoms in total. The maximum Gasteiger partial charge on any atom is 0.0692 e. The predicted octanol–water partition coefficient (Wildman–Crippen LogP) is 3.80. The van der Waals surface area contributed by atoms with Gasteiger partial charge in [0, 0.05) is 10.5 Å². The SMILES string of the molecule is CCCC(C)COC1CCCC1I. The third-order valence-electron chi connectivity index (χ3n) is 2.75. The predicted molar refractivity (Wildman–Crippen MR) is 65.5 cm³/mol. The fourth-order valence-electron chi connectivity index (χ4n) is 1.93. The molecule has 3 unspecified atom stereocenters. The van der Waals surface area contributed by atoms with Crippen LogP contribution in [0.3, 0.4) is 0 Å². The van der Waals surface area contributed by atoms with E-state index in [1.807, 2.05) is 0 Å². The number of hydrogen-bond acceptors (Lipinski definition) is 1. The van der Waals surface area contributed by atoms with Gasteiger partial charge >= 0.3 is 0 Å². The van der Waals surface area contributed by atoms with Gasteiger partial charge in [-0.15, -0.1) is 0 Å². The van der Waals surface area contributed by atoms with Gasteiger partial charge in [0.1, 0.15) is 0 Å². The molecule has 0 heterocycles. The number of rotatable bonds is 5. The van der Waals surface area contributed by atoms with Gasteiger partial charge in [0.05, 0.1) is 6.10 Å². The van der Waals surface area contributed by atoms with Crippen LogP contribution in [0.4, 0.5) is 0 Å². The maximum absolute atomic E-state index is 5.92. The number of ether oxygens (including phenoxy) is 1. The van der Waals surface area contributed by atoms with Gasteiger partial charge in [-0.05, 0) is 31.6 Å². The van der Waals surface area contributed by atoms with Gasteiger partial charge in [-0.2, -0.15) is 0 Å². The minimum atomic E-state index is 0.555. The molecule has 0 radical (unpaired) electrons. The van der Waals surface area contributed by atoms with Crippen LogP contribution in [0.5, 0.6) is 0 Å². The van der Waals surface area contributed by atoms with Gasteiger partial charge in [0.25, 0.3) is 0 Å². The third-order valence-corrected chi connectivity index (χ3v) is 4.17. The smallest absolute Gasteiger partial charge is 0.0692 e. The first-order valence-electron chi connectivity index (χ1n) is 5.49. The molecule has 0 N–H and O–H groups in total. The summed E-state index contributed by atoms with van der Waals surface area (Å²) in [5.41, 5.74) is 0. The van der Waals surface area contributed by atoms with E-state index in [0.29, 0.717) is 6.10 Å². The highest BCUT2D eigenvalue weighted by molar-refractivity contribution is 14.1. The Morgan fingerprint density at radius 2 is 2.23 bits per heavy atom. The minimum Gasteiger partial charge on any atom is -0.377 e. The molecule has 0 saturated heterocycles. The molecule has 0 aliphatic heterocycles. The van der Waals surface area contributed by atoms with Crippen LogP contribution >= 0.6 is 22.6 Å². The number of halogens is 1. The Kier molecular flexibility index (Phi) is 5.63. The summed E-state index contributed by atoms with van der Waals surface area (Å²) in [7, 11) is 0. The first-order valence-corrected chi connectivity index (χ1v) is 6.74. The fraction of sp³-hybridized carbons (Fsp3) is 1.00. The van der Waals surface area contributed by atoms with E-state index in [1.165, 1.54) is 32.1 Å². The molecule has 13 heavy (non-hydrogen) atoms. The maximum atomic E-state index is 5.92. The summed E-state index contributed by atoms with van der Waals surface area (Å²) < 4.78 is 6.69. The highest BCUT2D eigenvalue weighted by Gasteiger charge is 2.25. The van der Waals surface area contributed by atoms with Crippen molar-refractivity contribution in [2.75, 3.05) is 6.61 Å². The Hall–Kier alpha value is 0.690. The van der Waals surface area contributed by atoms with E-state index in [4.69, 9.17) is 4.74 Å². The van der Waals surface area contributed by atoms with Gasteiger partial charge in [0.15, 0.2) is 0 Å². The molecule has 0 spiro atoms. The average molecular weight is 296 g/mol. The lowest BCUT2D eigenvalue weighted by Crippen LogP contribution is -2.20. The molecule has 1 aliphatic carbocycles. The van der Waals surface area contributed by atoms with Crippen LogP contribution in [0.25, 0.3) is 0 Å². The summed E-state index contributed by atoms with van der Waals surface area (Å²) >= 11 is 2.54. The van der Waals surface area contributed by atoms with Crippen LogP contribution in [-0.2, 0) is 4.74 Å². The summed E-state index contributed by atoms with van der Waals surface area (Å²) in [6.45, 7) is 5.51. The van der Waals surface area contributed by atoms with Crippen molar-refractivity contribution in [3.05, 3.63) is 0 Å². The van der Waals surface area contributed by atoms with Crippen LogP contribution in [-0.4, -0.2) is 16.6 Å². The molecular weight excluding hydrogens is 275 g/mol. The van der Waals surface area contributed by atoms with E-state index in [2.05, 4.69) is 36.4 Å². The Labute approximate surface area is 95.8 Å². The van der Waals surface area contributed by atoms with E-state index in [0.717, 1.165) is 16.4 Å². The van der Waals surface area contributed by atoms with Gasteiger partial charge < -0.3 is 4.74 Å². The molecule has 1 rings (SSSR count). The van der Waals surface area contributed by atoms with Crippen LogP contribution in [0, 0.1) is 5.92 Å². The van der Waals surface area contributed by atoms with Crippen LogP contribution < -0.4 is 0 Å². The molecule has 1 fully saturated rings. The Morgan fingerprint density at radius 3 is 2.77 bits per heavy atom. The Morgan fingerprint density at radius 1 is 1.46 bits per heavy atom. The lowest BCUT2D eigenvalue weighted by molar-refractivity contribution is 0.0405. The van der Waals surface area contributed by atoms with Crippen molar-refractivity contribution in [1.82, 2.24) is 0 Å². The Bertz CT molecular complexity index is 138. The molecule has 0 aromatic rings. The zero-order valence-corrected chi connectivity index (χ0v) is 10.9. The first-order chi connectivity index (χ1) is 6.24. The van der Waals surface area contributed by atoms with Crippen molar-refractivity contribution in [1.29, 1.82) is 0 Å². The van der Waals surface area contributed by atoms with Crippen LogP contribution in [0.15, 0.2) is 0 Å². The summed E-state index contributed by atoms with van der Waals surface area (Å²) in [6.07, 6.45) is 7.14. The molecule has 78 valence electrons. The molecule has 0 aromatic carbocycles. The van der Waals surface area contributed by atoms with Gasteiger partial charge in [0.2, 0.25) is 0 Å². The third kappa shape index (κ3) is 4.15. The normalized spacial score (nSPS) is 30.7. The van der Waals surface area contributed by atoms with Gasteiger partial charge in [-0.25, -0.2) is 0 Å². The highest BCUT2D eigenvalue weighted by atomic mass is 127. The van der Waals surface area contributed by atoms with Gasteiger partial charge in [-0.1, -0.05) is 42.9 Å². The van der Waals surface area contributed by atoms with E-state index in [-0.39, 0.29) is 0 Å². The van der Waals surface area contributed by atoms with E-state index < -0.39 is 0 Å². The zero-order chi connectivity index (χ0) is 9.68. The second kappa shape index (κ2) is 6.23. The van der Waals surface area contributed by atoms with Crippen molar-refractivity contribution in [2.45, 2.75) is 56.0 Å². The molecule has 0 amide bonds. The zero-order valence-electron chi connectivity index (χ0n) is 8.76. The molecule has 1 saturated carbocycles. The minimum absolute atomic E-state index is 0.555. The lowest BCUT2D eigenvalue weighted by atomic mass is 10.1. The van der Waals surface area contributed by atoms with Crippen molar-refractivity contribution in [3.8, 4) is 0 Å². The van der Waals surface area contributed by atoms with E-state index >= 15 is 0 Å². The molecule has 3 atom stereocenters. The standard InChI is InChI=1S/C11H21IO/c1-3-5-9(2)8-13-11-7-4-6-10(11)12/h9-11H,3-8H2,1-2H3. The van der Waals surface area contributed by atoms with Crippen molar-refractivity contribution in [3.63, 3.8) is 0 Å². The number of alkyl halides is 1. The van der Waals surface area contributed by atoms with Crippen molar-refractivity contribution < 1.29 is 4.74 Å². The second-order valence-corrected chi connectivity index (χ2v) is 5.81. The topological polar surface area (TPSA) is 9.23 Å². The lowest BCUT2D eigenvalue weighted by Gasteiger charge is -2.18. The summed E-state index contributed by atoms with van der Waals surface area (Å²) in [4.78, 5) is 0. The quantitative estimate of drug-likeness (QED) is 0.554. The van der Waals surface area contributed by atoms with E-state index in [9.17, 15) is 0 Å². The van der Waals surface area contributed by atoms with Crippen molar-refractivity contribution in [2.24, 2.45) is 5.92 Å². The molecule has 2 heteroatoms. The highest BCUT2D eigenvalue weighted by Crippen LogP contribution is 2.29. The largest absolute Gasteiger partial charge is 0.377 e. The first kappa shape index (κ1) is 11.8. The van der Waals surface area contributed by atoms with Crippen LogP contribution in [0.1, 0.15) is 46.0 Å².